The number of carboxylic acids is 1. The van der Waals surface area contributed by atoms with Gasteiger partial charge in [-0.3, -0.25) is 4.79 Å². The zero-order chi connectivity index (χ0) is 15.3. The molecule has 0 fully saturated rings. The highest BCUT2D eigenvalue weighted by Crippen LogP contribution is 2.25. The molecule has 0 radical (unpaired) electrons. The van der Waals surface area contributed by atoms with Crippen molar-refractivity contribution in [1.29, 1.82) is 0 Å². The zero-order valence-electron chi connectivity index (χ0n) is 11.8. The Morgan fingerprint density at radius 3 is 2.55 bits per heavy atom. The smallest absolute Gasteiger partial charge is 0.337 e. The minimum absolute atomic E-state index is 0.0412. The molecule has 1 aromatic rings. The summed E-state index contributed by atoms with van der Waals surface area (Å²) in [7, 11) is 0. The van der Waals surface area contributed by atoms with Crippen LogP contribution in [0.4, 0.5) is 5.69 Å². The van der Waals surface area contributed by atoms with Crippen molar-refractivity contribution in [2.75, 3.05) is 18.0 Å². The Morgan fingerprint density at radius 1 is 1.40 bits per heavy atom. The van der Waals surface area contributed by atoms with Gasteiger partial charge >= 0.3 is 5.97 Å². The molecule has 1 aromatic carbocycles. The highest BCUT2D eigenvalue weighted by molar-refractivity contribution is 6.31. The molecule has 0 unspecified atom stereocenters. The normalized spacial score (nSPS) is 10.4. The van der Waals surface area contributed by atoms with Gasteiger partial charge in [0.05, 0.1) is 17.8 Å². The van der Waals surface area contributed by atoms with E-state index >= 15 is 0 Å². The molecule has 2 N–H and O–H groups in total. The Morgan fingerprint density at radius 2 is 2.05 bits per heavy atom. The quantitative estimate of drug-likeness (QED) is 0.846. The first-order chi connectivity index (χ1) is 9.35. The topological polar surface area (TPSA) is 69.6 Å². The molecule has 20 heavy (non-hydrogen) atoms. The molecular weight excluding hydrogens is 280 g/mol. The molecule has 0 bridgehead atoms. The van der Waals surface area contributed by atoms with Gasteiger partial charge in [0.25, 0.3) is 0 Å². The van der Waals surface area contributed by atoms with E-state index in [-0.39, 0.29) is 24.1 Å². The Bertz CT molecular complexity index is 503. The van der Waals surface area contributed by atoms with Gasteiger partial charge in [0.2, 0.25) is 5.91 Å². The third-order valence-electron chi connectivity index (χ3n) is 2.70. The molecule has 6 heteroatoms. The van der Waals surface area contributed by atoms with Gasteiger partial charge in [0, 0.05) is 17.6 Å². The fourth-order valence-corrected chi connectivity index (χ4v) is 2.02. The van der Waals surface area contributed by atoms with Crippen LogP contribution in [0.15, 0.2) is 18.2 Å². The molecule has 1 rings (SSSR count). The highest BCUT2D eigenvalue weighted by Gasteiger charge is 2.18. The summed E-state index contributed by atoms with van der Waals surface area (Å²) in [6.45, 7) is 6.20. The summed E-state index contributed by atoms with van der Waals surface area (Å²) in [5.41, 5.74) is 0.583. The molecule has 0 aliphatic rings. The lowest BCUT2D eigenvalue weighted by molar-refractivity contribution is -0.120. The number of likely N-dealkylation sites (N-methyl/N-ethyl adjacent to an activating group) is 1. The number of rotatable bonds is 6. The van der Waals surface area contributed by atoms with Crippen LogP contribution >= 0.6 is 11.6 Å². The van der Waals surface area contributed by atoms with Crippen LogP contribution in [0.5, 0.6) is 0 Å². The Hall–Kier alpha value is -1.75. The van der Waals surface area contributed by atoms with Crippen LogP contribution in [-0.4, -0.2) is 36.1 Å². The minimum atomic E-state index is -1.04. The number of benzene rings is 1. The van der Waals surface area contributed by atoms with Crippen molar-refractivity contribution in [2.24, 2.45) is 0 Å². The van der Waals surface area contributed by atoms with Crippen LogP contribution < -0.4 is 10.2 Å². The van der Waals surface area contributed by atoms with E-state index in [0.29, 0.717) is 17.3 Å². The summed E-state index contributed by atoms with van der Waals surface area (Å²) in [5.74, 6) is -1.20. The first kappa shape index (κ1) is 16.3. The summed E-state index contributed by atoms with van der Waals surface area (Å²) < 4.78 is 0. The lowest BCUT2D eigenvalue weighted by Crippen LogP contribution is -2.40. The van der Waals surface area contributed by atoms with Gasteiger partial charge < -0.3 is 15.3 Å². The van der Waals surface area contributed by atoms with Crippen LogP contribution in [0, 0.1) is 0 Å². The number of amides is 1. The Balaban J connectivity index is 3.02. The third-order valence-corrected chi connectivity index (χ3v) is 2.93. The maximum Gasteiger partial charge on any atom is 0.337 e. The summed E-state index contributed by atoms with van der Waals surface area (Å²) in [6, 6.07) is 4.58. The average molecular weight is 299 g/mol. The van der Waals surface area contributed by atoms with E-state index < -0.39 is 5.97 Å². The number of hydrogen-bond donors (Lipinski definition) is 2. The highest BCUT2D eigenvalue weighted by atomic mass is 35.5. The van der Waals surface area contributed by atoms with Gasteiger partial charge in [0.1, 0.15) is 0 Å². The number of anilines is 1. The Kier molecular flexibility index (Phi) is 5.82. The second-order valence-corrected chi connectivity index (χ2v) is 5.14. The largest absolute Gasteiger partial charge is 0.478 e. The van der Waals surface area contributed by atoms with E-state index in [2.05, 4.69) is 5.32 Å². The predicted molar refractivity (Wildman–Crippen MR) is 79.6 cm³/mol. The van der Waals surface area contributed by atoms with Gasteiger partial charge in [-0.2, -0.15) is 0 Å². The van der Waals surface area contributed by atoms with Gasteiger partial charge in [-0.25, -0.2) is 4.79 Å². The van der Waals surface area contributed by atoms with Crippen LogP contribution in [0.2, 0.25) is 5.02 Å². The number of nitrogens with zero attached hydrogens (tertiary/aromatic N) is 1. The maximum atomic E-state index is 11.8. The van der Waals surface area contributed by atoms with E-state index in [9.17, 15) is 14.7 Å². The summed E-state index contributed by atoms with van der Waals surface area (Å²) in [4.78, 5) is 24.8. The van der Waals surface area contributed by atoms with Crippen molar-refractivity contribution in [1.82, 2.24) is 5.32 Å². The second-order valence-electron chi connectivity index (χ2n) is 4.70. The molecule has 0 spiro atoms. The van der Waals surface area contributed by atoms with E-state index in [1.165, 1.54) is 12.1 Å². The molecular formula is C14H19ClN2O3. The number of carbonyl (C=O) groups is 2. The zero-order valence-corrected chi connectivity index (χ0v) is 12.6. The van der Waals surface area contributed by atoms with E-state index in [1.807, 2.05) is 20.8 Å². The van der Waals surface area contributed by atoms with Gasteiger partial charge in [-0.15, -0.1) is 0 Å². The molecule has 0 saturated carbocycles. The van der Waals surface area contributed by atoms with Crippen molar-refractivity contribution in [3.8, 4) is 0 Å². The summed E-state index contributed by atoms with van der Waals surface area (Å²) in [5, 5.41) is 12.4. The monoisotopic (exact) mass is 298 g/mol. The van der Waals surface area contributed by atoms with Gasteiger partial charge in [-0.1, -0.05) is 11.6 Å². The first-order valence-corrected chi connectivity index (χ1v) is 6.80. The number of carbonyl (C=O) groups excluding carboxylic acids is 1. The predicted octanol–water partition coefficient (Wildman–Crippen LogP) is 2.39. The molecule has 0 aromatic heterocycles. The first-order valence-electron chi connectivity index (χ1n) is 6.42. The molecule has 110 valence electrons. The second kappa shape index (κ2) is 7.14. The van der Waals surface area contributed by atoms with E-state index in [1.54, 1.807) is 11.0 Å². The van der Waals surface area contributed by atoms with Crippen molar-refractivity contribution >= 4 is 29.2 Å². The fraction of sp³-hybridized carbons (Fsp3) is 0.429. The minimum Gasteiger partial charge on any atom is -0.478 e. The van der Waals surface area contributed by atoms with Gasteiger partial charge in [0.15, 0.2) is 0 Å². The molecule has 1 amide bonds. The molecule has 0 aliphatic carbocycles. The van der Waals surface area contributed by atoms with Gasteiger partial charge in [-0.05, 0) is 39.0 Å². The number of hydrogen-bond acceptors (Lipinski definition) is 3. The number of carboxylic acid groups (broad SMARTS) is 1. The van der Waals surface area contributed by atoms with Crippen LogP contribution in [0.1, 0.15) is 31.1 Å². The summed E-state index contributed by atoms with van der Waals surface area (Å²) >= 11 is 5.92. The lowest BCUT2D eigenvalue weighted by Gasteiger charge is -2.24. The summed E-state index contributed by atoms with van der Waals surface area (Å²) in [6.07, 6.45) is 0. The van der Waals surface area contributed by atoms with E-state index in [4.69, 9.17) is 11.6 Å². The average Bonchev–Trinajstić information content (AvgIpc) is 2.34. The number of aromatic carboxylic acids is 1. The molecule has 0 aliphatic heterocycles. The molecule has 0 atom stereocenters. The Labute approximate surface area is 123 Å². The van der Waals surface area contributed by atoms with E-state index in [0.717, 1.165) is 0 Å². The van der Waals surface area contributed by atoms with Crippen molar-refractivity contribution in [2.45, 2.75) is 26.8 Å². The number of nitrogens with one attached hydrogen (secondary N) is 1. The standard InChI is InChI=1S/C14H19ClN2O3/c1-4-17(8-13(18)16-9(2)3)12-7-10(15)5-6-11(12)14(19)20/h5-7,9H,4,8H2,1-3H3,(H,16,18)(H,19,20). The third kappa shape index (κ3) is 4.42. The SMILES string of the molecule is CCN(CC(=O)NC(C)C)c1cc(Cl)ccc1C(=O)O. The lowest BCUT2D eigenvalue weighted by atomic mass is 10.1. The van der Waals surface area contributed by atoms with Crippen LogP contribution in [0.3, 0.4) is 0 Å². The van der Waals surface area contributed by atoms with Crippen LogP contribution in [0.25, 0.3) is 0 Å². The van der Waals surface area contributed by atoms with Crippen molar-refractivity contribution in [3.05, 3.63) is 28.8 Å². The molecule has 5 nitrogen and oxygen atoms in total. The maximum absolute atomic E-state index is 11.8. The van der Waals surface area contributed by atoms with Crippen molar-refractivity contribution in [3.63, 3.8) is 0 Å². The molecule has 0 heterocycles. The fourth-order valence-electron chi connectivity index (χ4n) is 1.86. The van der Waals surface area contributed by atoms with Crippen molar-refractivity contribution < 1.29 is 14.7 Å². The molecule has 0 saturated heterocycles. The number of halogens is 1. The van der Waals surface area contributed by atoms with Crippen LogP contribution in [-0.2, 0) is 4.79 Å².